The standard InChI is InChI=1S/C66H46N2/c1-5-19-47(20-6-1)48-35-37-49(38-36-48)50-39-43-55(44-40-50)67(64-34-18-30-58(52-23-9-3-10-24-52)65(64)61-29-14-13-27-57(61)51-21-7-2-8-22-51)56-45-41-53(42-46-56)59-31-17-32-62-60-28-15-16-33-63(60)68(66(59)62)54-25-11-4-12-26-54/h1-46H. The molecule has 1 aromatic heterocycles. The van der Waals surface area contributed by atoms with Gasteiger partial charge in [0.25, 0.3) is 0 Å². The topological polar surface area (TPSA) is 8.17 Å². The fourth-order valence-corrected chi connectivity index (χ4v) is 10.0. The third-order valence-corrected chi connectivity index (χ3v) is 13.2. The molecule has 320 valence electrons. The molecule has 0 unspecified atom stereocenters. The van der Waals surface area contributed by atoms with Gasteiger partial charge < -0.3 is 9.47 Å². The lowest BCUT2D eigenvalue weighted by molar-refractivity contribution is 1.18. The maximum atomic E-state index is 2.44. The van der Waals surface area contributed by atoms with Gasteiger partial charge in [0.15, 0.2) is 0 Å². The van der Waals surface area contributed by atoms with Crippen LogP contribution < -0.4 is 4.90 Å². The summed E-state index contributed by atoms with van der Waals surface area (Å²) >= 11 is 0. The second-order valence-corrected chi connectivity index (χ2v) is 17.2. The van der Waals surface area contributed by atoms with Gasteiger partial charge in [0.05, 0.1) is 16.7 Å². The number of para-hydroxylation sites is 3. The molecule has 12 rings (SSSR count). The quantitative estimate of drug-likeness (QED) is 0.133. The minimum Gasteiger partial charge on any atom is -0.310 e. The molecule has 0 N–H and O–H groups in total. The van der Waals surface area contributed by atoms with Crippen molar-refractivity contribution in [3.63, 3.8) is 0 Å². The van der Waals surface area contributed by atoms with Crippen molar-refractivity contribution in [1.29, 1.82) is 0 Å². The van der Waals surface area contributed by atoms with Crippen molar-refractivity contribution in [2.45, 2.75) is 0 Å². The molecule has 0 fully saturated rings. The molecule has 0 saturated carbocycles. The van der Waals surface area contributed by atoms with Gasteiger partial charge in [0.1, 0.15) is 0 Å². The molecule has 0 aliphatic heterocycles. The van der Waals surface area contributed by atoms with Crippen LogP contribution in [0.4, 0.5) is 17.1 Å². The van der Waals surface area contributed by atoms with Crippen LogP contribution in [-0.4, -0.2) is 4.57 Å². The Hall–Kier alpha value is -8.98. The van der Waals surface area contributed by atoms with Crippen LogP contribution in [0.25, 0.3) is 94.3 Å². The minimum absolute atomic E-state index is 1.06. The highest BCUT2D eigenvalue weighted by Crippen LogP contribution is 2.49. The van der Waals surface area contributed by atoms with E-state index in [0.29, 0.717) is 0 Å². The van der Waals surface area contributed by atoms with Gasteiger partial charge in [-0.15, -0.1) is 0 Å². The molecule has 0 bridgehead atoms. The number of rotatable bonds is 10. The van der Waals surface area contributed by atoms with E-state index >= 15 is 0 Å². The number of nitrogens with zero attached hydrogens (tertiary/aromatic N) is 2. The Labute approximate surface area is 397 Å². The Kier molecular flexibility index (Phi) is 10.6. The van der Waals surface area contributed by atoms with Gasteiger partial charge in [0.2, 0.25) is 0 Å². The van der Waals surface area contributed by atoms with Gasteiger partial charge in [-0.2, -0.15) is 0 Å². The maximum Gasteiger partial charge on any atom is 0.0619 e. The van der Waals surface area contributed by atoms with Crippen molar-refractivity contribution in [3.8, 4) is 72.4 Å². The molecular weight excluding hydrogens is 821 g/mol. The predicted octanol–water partition coefficient (Wildman–Crippen LogP) is 18.3. The van der Waals surface area contributed by atoms with Crippen molar-refractivity contribution < 1.29 is 0 Å². The molecule has 0 spiro atoms. The van der Waals surface area contributed by atoms with Crippen LogP contribution in [0, 0.1) is 0 Å². The highest BCUT2D eigenvalue weighted by molar-refractivity contribution is 6.14. The van der Waals surface area contributed by atoms with E-state index < -0.39 is 0 Å². The summed E-state index contributed by atoms with van der Waals surface area (Å²) in [6.45, 7) is 0. The van der Waals surface area contributed by atoms with E-state index in [2.05, 4.69) is 289 Å². The van der Waals surface area contributed by atoms with Crippen molar-refractivity contribution >= 4 is 38.9 Å². The first-order valence-corrected chi connectivity index (χ1v) is 23.3. The first kappa shape index (κ1) is 40.5. The van der Waals surface area contributed by atoms with Crippen LogP contribution in [-0.2, 0) is 0 Å². The molecule has 1 heterocycles. The van der Waals surface area contributed by atoms with Crippen molar-refractivity contribution in [2.75, 3.05) is 4.90 Å². The molecule has 2 heteroatoms. The summed E-state index contributed by atoms with van der Waals surface area (Å²) < 4.78 is 2.42. The van der Waals surface area contributed by atoms with Crippen LogP contribution in [0.5, 0.6) is 0 Å². The Morgan fingerprint density at radius 2 is 0.647 bits per heavy atom. The van der Waals surface area contributed by atoms with Gasteiger partial charge in [-0.3, -0.25) is 0 Å². The SMILES string of the molecule is c1ccc(-c2ccc(-c3ccc(N(c4ccc(-c5cccc6c7ccccc7n(-c7ccccc7)c56)cc4)c4cccc(-c5ccccc5)c4-c4ccccc4-c4ccccc4)cc3)cc2)cc1. The number of aromatic nitrogens is 1. The summed E-state index contributed by atoms with van der Waals surface area (Å²) in [5, 5.41) is 2.48. The average molecular weight is 867 g/mol. The van der Waals surface area contributed by atoms with Crippen LogP contribution in [0.1, 0.15) is 0 Å². The molecule has 0 saturated heterocycles. The third kappa shape index (κ3) is 7.45. The summed E-state index contributed by atoms with van der Waals surface area (Å²) in [6, 6.07) is 101. The van der Waals surface area contributed by atoms with Crippen molar-refractivity contribution in [2.24, 2.45) is 0 Å². The van der Waals surface area contributed by atoms with Gasteiger partial charge in [-0.05, 0) is 104 Å². The molecule has 0 aliphatic carbocycles. The largest absolute Gasteiger partial charge is 0.310 e. The van der Waals surface area contributed by atoms with E-state index in [4.69, 9.17) is 0 Å². The zero-order valence-corrected chi connectivity index (χ0v) is 37.5. The van der Waals surface area contributed by atoms with Gasteiger partial charge >= 0.3 is 0 Å². The molecular formula is C66H46N2. The normalized spacial score (nSPS) is 11.2. The van der Waals surface area contributed by atoms with E-state index in [1.807, 2.05) is 0 Å². The van der Waals surface area contributed by atoms with E-state index in [1.54, 1.807) is 0 Å². The lowest BCUT2D eigenvalue weighted by Gasteiger charge is -2.30. The third-order valence-electron chi connectivity index (χ3n) is 13.2. The Bertz CT molecular complexity index is 3670. The van der Waals surface area contributed by atoms with Crippen LogP contribution in [0.2, 0.25) is 0 Å². The van der Waals surface area contributed by atoms with Gasteiger partial charge in [0, 0.05) is 39.0 Å². The summed E-state index contributed by atoms with van der Waals surface area (Å²) in [7, 11) is 0. The average Bonchev–Trinajstić information content (AvgIpc) is 3.77. The van der Waals surface area contributed by atoms with Crippen molar-refractivity contribution in [3.05, 3.63) is 279 Å². The smallest absolute Gasteiger partial charge is 0.0619 e. The molecule has 12 aromatic rings. The summed E-state index contributed by atoms with van der Waals surface area (Å²) in [5.41, 5.74) is 20.9. The van der Waals surface area contributed by atoms with Crippen LogP contribution in [0.3, 0.4) is 0 Å². The second kappa shape index (κ2) is 17.8. The first-order chi connectivity index (χ1) is 33.8. The van der Waals surface area contributed by atoms with E-state index in [0.717, 1.165) is 28.3 Å². The number of hydrogen-bond donors (Lipinski definition) is 0. The molecule has 0 atom stereocenters. The zero-order valence-electron chi connectivity index (χ0n) is 37.5. The maximum absolute atomic E-state index is 2.44. The number of hydrogen-bond acceptors (Lipinski definition) is 1. The Morgan fingerprint density at radius 3 is 1.26 bits per heavy atom. The minimum atomic E-state index is 1.06. The van der Waals surface area contributed by atoms with E-state index in [9.17, 15) is 0 Å². The lowest BCUT2D eigenvalue weighted by Crippen LogP contribution is -2.12. The molecule has 0 aliphatic rings. The number of benzene rings is 11. The number of fused-ring (bicyclic) bond motifs is 3. The van der Waals surface area contributed by atoms with E-state index in [-0.39, 0.29) is 0 Å². The van der Waals surface area contributed by atoms with Crippen molar-refractivity contribution in [1.82, 2.24) is 4.57 Å². The molecule has 11 aromatic carbocycles. The molecule has 2 nitrogen and oxygen atoms in total. The van der Waals surface area contributed by atoms with Crippen LogP contribution >= 0.6 is 0 Å². The molecule has 0 radical (unpaired) electrons. The Morgan fingerprint density at radius 1 is 0.250 bits per heavy atom. The van der Waals surface area contributed by atoms with E-state index in [1.165, 1.54) is 83.0 Å². The summed E-state index contributed by atoms with van der Waals surface area (Å²) in [5.74, 6) is 0. The summed E-state index contributed by atoms with van der Waals surface area (Å²) in [4.78, 5) is 2.44. The highest BCUT2D eigenvalue weighted by Gasteiger charge is 2.24. The lowest BCUT2D eigenvalue weighted by atomic mass is 9.87. The Balaban J connectivity index is 1.04. The van der Waals surface area contributed by atoms with Gasteiger partial charge in [-0.25, -0.2) is 0 Å². The highest BCUT2D eigenvalue weighted by atomic mass is 15.1. The number of anilines is 3. The fourth-order valence-electron chi connectivity index (χ4n) is 10.0. The fraction of sp³-hybridized carbons (Fsp3) is 0. The monoisotopic (exact) mass is 866 g/mol. The van der Waals surface area contributed by atoms with Crippen LogP contribution in [0.15, 0.2) is 279 Å². The summed E-state index contributed by atoms with van der Waals surface area (Å²) in [6.07, 6.45) is 0. The first-order valence-electron chi connectivity index (χ1n) is 23.3. The van der Waals surface area contributed by atoms with Gasteiger partial charge in [-0.1, -0.05) is 231 Å². The molecule has 0 amide bonds. The predicted molar refractivity (Wildman–Crippen MR) is 288 cm³/mol. The second-order valence-electron chi connectivity index (χ2n) is 17.2. The molecule has 68 heavy (non-hydrogen) atoms. The zero-order chi connectivity index (χ0) is 45.2.